The smallest absolute Gasteiger partial charge is 0.115 e. The second-order valence-corrected chi connectivity index (χ2v) is 9.97. The summed E-state index contributed by atoms with van der Waals surface area (Å²) in [4.78, 5) is 0. The lowest BCUT2D eigenvalue weighted by Gasteiger charge is -2.33. The van der Waals surface area contributed by atoms with Crippen LogP contribution in [0.1, 0.15) is 77.0 Å². The van der Waals surface area contributed by atoms with E-state index in [0.717, 1.165) is 12.8 Å². The molecule has 4 aliphatic rings. The molecule has 2 heterocycles. The fraction of sp³-hybridized carbons (Fsp3) is 1.00. The van der Waals surface area contributed by atoms with Gasteiger partial charge in [0.25, 0.3) is 0 Å². The number of hydrogen-bond donors (Lipinski definition) is 2. The summed E-state index contributed by atoms with van der Waals surface area (Å²) in [5.74, 6) is 1.27. The van der Waals surface area contributed by atoms with Crippen LogP contribution in [0.4, 0.5) is 0 Å². The van der Waals surface area contributed by atoms with Crippen LogP contribution >= 0.6 is 0 Å². The van der Waals surface area contributed by atoms with Gasteiger partial charge in [-0.25, -0.2) is 0 Å². The molecule has 0 bridgehead atoms. The Labute approximate surface area is 182 Å². The number of nitrogens with two attached hydrogens (primary N) is 2. The van der Waals surface area contributed by atoms with E-state index in [1.807, 2.05) is 0 Å². The predicted molar refractivity (Wildman–Crippen MR) is 117 cm³/mol. The van der Waals surface area contributed by atoms with Gasteiger partial charge in [-0.3, -0.25) is 0 Å². The highest BCUT2D eigenvalue weighted by molar-refractivity contribution is 4.97. The van der Waals surface area contributed by atoms with Gasteiger partial charge in [0.15, 0.2) is 0 Å². The second kappa shape index (κ2) is 11.6. The molecular weight excluding hydrogens is 380 g/mol. The Morgan fingerprint density at radius 3 is 1.40 bits per heavy atom. The fourth-order valence-electron chi connectivity index (χ4n) is 6.28. The van der Waals surface area contributed by atoms with Crippen LogP contribution in [0.3, 0.4) is 0 Å². The first-order chi connectivity index (χ1) is 14.8. The summed E-state index contributed by atoms with van der Waals surface area (Å²) in [5.41, 5.74) is 11.8. The summed E-state index contributed by atoms with van der Waals surface area (Å²) < 4.78 is 25.6. The molecule has 0 aromatic heterocycles. The molecule has 6 heteroatoms. The van der Waals surface area contributed by atoms with Crippen molar-refractivity contribution >= 4 is 0 Å². The molecule has 2 aliphatic carbocycles. The average Bonchev–Trinajstić information content (AvgIpc) is 3.37. The zero-order chi connectivity index (χ0) is 20.8. The summed E-state index contributed by atoms with van der Waals surface area (Å²) >= 11 is 0. The Morgan fingerprint density at radius 1 is 0.633 bits per heavy atom. The van der Waals surface area contributed by atoms with Gasteiger partial charge in [-0.15, -0.1) is 0 Å². The van der Waals surface area contributed by atoms with Crippen molar-refractivity contribution in [3.8, 4) is 0 Å². The lowest BCUT2D eigenvalue weighted by Crippen LogP contribution is -2.40. The zero-order valence-electron chi connectivity index (χ0n) is 18.7. The molecule has 0 amide bonds. The van der Waals surface area contributed by atoms with Gasteiger partial charge in [0.1, 0.15) is 24.4 Å². The molecule has 2 aliphatic heterocycles. The van der Waals surface area contributed by atoms with Crippen LogP contribution in [0, 0.1) is 11.8 Å². The monoisotopic (exact) mass is 424 g/mol. The molecule has 2 saturated heterocycles. The Hall–Kier alpha value is -0.240. The molecule has 4 N–H and O–H groups in total. The molecule has 4 rings (SSSR count). The first kappa shape index (κ1) is 22.9. The van der Waals surface area contributed by atoms with Crippen molar-refractivity contribution in [2.75, 3.05) is 26.3 Å². The van der Waals surface area contributed by atoms with Crippen molar-refractivity contribution in [1.29, 1.82) is 0 Å². The van der Waals surface area contributed by atoms with Gasteiger partial charge < -0.3 is 30.4 Å². The third kappa shape index (κ3) is 5.57. The number of ether oxygens (including phenoxy) is 4. The van der Waals surface area contributed by atoms with Gasteiger partial charge in [-0.2, -0.15) is 0 Å². The summed E-state index contributed by atoms with van der Waals surface area (Å²) in [6.07, 6.45) is 15.4. The standard InChI is InChI=1S/C24H44N2O4/c25-13-11-19(17-7-3-1-4-8-17)29-21-15-27-24-22(16-28-23(21)24)30-20(12-14-26)18-9-5-2-6-10-18/h17-24H,1-16,25-26H2/t19?,20?,21-,22-,23?,24?/m1/s1. The Morgan fingerprint density at radius 2 is 1.03 bits per heavy atom. The van der Waals surface area contributed by atoms with Gasteiger partial charge in [0, 0.05) is 0 Å². The van der Waals surface area contributed by atoms with Crippen molar-refractivity contribution in [3.63, 3.8) is 0 Å². The lowest BCUT2D eigenvalue weighted by atomic mass is 9.84. The molecule has 0 aromatic rings. The van der Waals surface area contributed by atoms with Crippen molar-refractivity contribution in [1.82, 2.24) is 0 Å². The second-order valence-electron chi connectivity index (χ2n) is 9.97. The third-order valence-electron chi connectivity index (χ3n) is 7.92. The maximum absolute atomic E-state index is 6.62. The summed E-state index contributed by atoms with van der Waals surface area (Å²) in [7, 11) is 0. The Kier molecular flexibility index (Phi) is 8.85. The van der Waals surface area contributed by atoms with E-state index in [9.17, 15) is 0 Å². The Balaban J connectivity index is 1.32. The minimum atomic E-state index is -0.0104. The highest BCUT2D eigenvalue weighted by Gasteiger charge is 2.50. The number of rotatable bonds is 10. The van der Waals surface area contributed by atoms with E-state index in [2.05, 4.69) is 0 Å². The molecule has 6 atom stereocenters. The predicted octanol–water partition coefficient (Wildman–Crippen LogP) is 3.15. The van der Waals surface area contributed by atoms with Crippen molar-refractivity contribution in [2.24, 2.45) is 23.3 Å². The first-order valence-corrected chi connectivity index (χ1v) is 12.7. The maximum atomic E-state index is 6.62. The molecule has 30 heavy (non-hydrogen) atoms. The molecule has 6 nitrogen and oxygen atoms in total. The van der Waals surface area contributed by atoms with Gasteiger partial charge in [-0.1, -0.05) is 38.5 Å². The van der Waals surface area contributed by atoms with Crippen molar-refractivity contribution < 1.29 is 18.9 Å². The highest BCUT2D eigenvalue weighted by atomic mass is 16.6. The first-order valence-electron chi connectivity index (χ1n) is 12.7. The van der Waals surface area contributed by atoms with Gasteiger partial charge >= 0.3 is 0 Å². The van der Waals surface area contributed by atoms with E-state index >= 15 is 0 Å². The van der Waals surface area contributed by atoms with Gasteiger partial charge in [0.05, 0.1) is 25.4 Å². The summed E-state index contributed by atoms with van der Waals surface area (Å²) in [6.45, 7) is 2.57. The molecule has 0 radical (unpaired) electrons. The zero-order valence-corrected chi connectivity index (χ0v) is 18.7. The largest absolute Gasteiger partial charge is 0.370 e. The number of fused-ring (bicyclic) bond motifs is 1. The van der Waals surface area contributed by atoms with E-state index in [1.54, 1.807) is 0 Å². The van der Waals surface area contributed by atoms with Crippen LogP contribution < -0.4 is 11.5 Å². The van der Waals surface area contributed by atoms with E-state index in [1.165, 1.54) is 64.2 Å². The topological polar surface area (TPSA) is 89.0 Å². The van der Waals surface area contributed by atoms with Gasteiger partial charge in [0.2, 0.25) is 0 Å². The molecule has 174 valence electrons. The maximum Gasteiger partial charge on any atom is 0.115 e. The van der Waals surface area contributed by atoms with Crippen LogP contribution in [0.25, 0.3) is 0 Å². The minimum Gasteiger partial charge on any atom is -0.370 e. The highest BCUT2D eigenvalue weighted by Crippen LogP contribution is 2.37. The molecular formula is C24H44N2O4. The number of hydrogen-bond acceptors (Lipinski definition) is 6. The van der Waals surface area contributed by atoms with Crippen LogP contribution in [0.15, 0.2) is 0 Å². The molecule has 2 saturated carbocycles. The van der Waals surface area contributed by atoms with E-state index in [-0.39, 0.29) is 36.6 Å². The van der Waals surface area contributed by atoms with E-state index in [4.69, 9.17) is 30.4 Å². The van der Waals surface area contributed by atoms with Gasteiger partial charge in [-0.05, 0) is 63.5 Å². The Bertz CT molecular complexity index is 452. The van der Waals surface area contributed by atoms with E-state index in [0.29, 0.717) is 38.1 Å². The normalized spacial score (nSPS) is 35.4. The molecule has 4 fully saturated rings. The van der Waals surface area contributed by atoms with Crippen LogP contribution in [0.2, 0.25) is 0 Å². The van der Waals surface area contributed by atoms with Crippen LogP contribution in [-0.4, -0.2) is 62.9 Å². The van der Waals surface area contributed by atoms with Crippen molar-refractivity contribution in [2.45, 2.75) is 114 Å². The minimum absolute atomic E-state index is 0.00437. The molecule has 0 aromatic carbocycles. The average molecular weight is 425 g/mol. The quantitative estimate of drug-likeness (QED) is 0.560. The fourth-order valence-corrected chi connectivity index (χ4v) is 6.28. The SMILES string of the molecule is NCCC(O[C@@H]1COC2C1OC[C@H]2OC(CCN)C1CCCCC1)C1CCCCC1. The molecule has 0 spiro atoms. The summed E-state index contributed by atoms with van der Waals surface area (Å²) in [5, 5.41) is 0. The van der Waals surface area contributed by atoms with E-state index < -0.39 is 0 Å². The third-order valence-corrected chi connectivity index (χ3v) is 7.92. The van der Waals surface area contributed by atoms with Crippen LogP contribution in [0.5, 0.6) is 0 Å². The van der Waals surface area contributed by atoms with Crippen molar-refractivity contribution in [3.05, 3.63) is 0 Å². The van der Waals surface area contributed by atoms with Crippen LogP contribution in [-0.2, 0) is 18.9 Å². The lowest BCUT2D eigenvalue weighted by molar-refractivity contribution is -0.110. The summed E-state index contributed by atoms with van der Waals surface area (Å²) in [6, 6.07) is 0. The molecule has 4 unspecified atom stereocenters.